The molecule has 0 bridgehead atoms. The molecule has 1 aliphatic carbocycles. The van der Waals surface area contributed by atoms with Crippen LogP contribution in [0.5, 0.6) is 0 Å². The van der Waals surface area contributed by atoms with Crippen molar-refractivity contribution in [1.29, 1.82) is 0 Å². The van der Waals surface area contributed by atoms with Gasteiger partial charge in [-0.25, -0.2) is 12.8 Å². The molecule has 1 aliphatic heterocycles. The summed E-state index contributed by atoms with van der Waals surface area (Å²) in [5.74, 6) is -0.416. The molecule has 2 unspecified atom stereocenters. The standard InChI is InChI=1S/C16H22FN3O3S/c17-13-2-5-15(6-3-13)24(22,23)20-9-7-19(8-10-20)16(21)12-1-4-14(18)11-12/h2-3,5-6,12,14H,1,4,7-11,18H2. The molecule has 2 fully saturated rings. The van der Waals surface area contributed by atoms with Gasteiger partial charge < -0.3 is 10.6 Å². The third kappa shape index (κ3) is 3.45. The average molecular weight is 355 g/mol. The third-order valence-electron chi connectivity index (χ3n) is 4.82. The van der Waals surface area contributed by atoms with Crippen molar-refractivity contribution in [2.75, 3.05) is 26.2 Å². The molecule has 1 saturated heterocycles. The highest BCUT2D eigenvalue weighted by atomic mass is 32.2. The molecule has 1 aromatic carbocycles. The molecule has 0 aromatic heterocycles. The van der Waals surface area contributed by atoms with E-state index in [9.17, 15) is 17.6 Å². The van der Waals surface area contributed by atoms with Crippen molar-refractivity contribution in [2.45, 2.75) is 30.2 Å². The Morgan fingerprint density at radius 3 is 2.25 bits per heavy atom. The zero-order valence-corrected chi connectivity index (χ0v) is 14.2. The molecule has 1 amide bonds. The maximum absolute atomic E-state index is 13.0. The third-order valence-corrected chi connectivity index (χ3v) is 6.74. The van der Waals surface area contributed by atoms with E-state index >= 15 is 0 Å². The molecule has 1 saturated carbocycles. The topological polar surface area (TPSA) is 83.7 Å². The van der Waals surface area contributed by atoms with Gasteiger partial charge in [0.25, 0.3) is 0 Å². The number of carbonyl (C=O) groups excluding carboxylic acids is 1. The molecule has 132 valence electrons. The molecule has 6 nitrogen and oxygen atoms in total. The smallest absolute Gasteiger partial charge is 0.243 e. The van der Waals surface area contributed by atoms with Gasteiger partial charge in [-0.1, -0.05) is 0 Å². The van der Waals surface area contributed by atoms with Gasteiger partial charge >= 0.3 is 0 Å². The molecule has 0 spiro atoms. The van der Waals surface area contributed by atoms with E-state index in [0.29, 0.717) is 19.5 Å². The van der Waals surface area contributed by atoms with E-state index in [1.165, 1.54) is 16.4 Å². The summed E-state index contributed by atoms with van der Waals surface area (Å²) in [6.45, 7) is 1.27. The van der Waals surface area contributed by atoms with Crippen molar-refractivity contribution in [3.8, 4) is 0 Å². The minimum Gasteiger partial charge on any atom is -0.340 e. The van der Waals surface area contributed by atoms with Gasteiger partial charge in [0, 0.05) is 38.1 Å². The van der Waals surface area contributed by atoms with Crippen molar-refractivity contribution >= 4 is 15.9 Å². The summed E-state index contributed by atoms with van der Waals surface area (Å²) in [5, 5.41) is 0. The first-order chi connectivity index (χ1) is 11.4. The first kappa shape index (κ1) is 17.3. The number of carbonyl (C=O) groups is 1. The zero-order chi connectivity index (χ0) is 17.3. The van der Waals surface area contributed by atoms with Gasteiger partial charge in [0.2, 0.25) is 15.9 Å². The predicted molar refractivity (Wildman–Crippen MR) is 87.1 cm³/mol. The molecule has 8 heteroatoms. The highest BCUT2D eigenvalue weighted by Crippen LogP contribution is 2.27. The van der Waals surface area contributed by atoms with E-state index in [0.717, 1.165) is 25.0 Å². The summed E-state index contributed by atoms with van der Waals surface area (Å²) < 4.78 is 39.4. The van der Waals surface area contributed by atoms with Crippen LogP contribution in [0.25, 0.3) is 0 Å². The molecule has 2 N–H and O–H groups in total. The summed E-state index contributed by atoms with van der Waals surface area (Å²) in [7, 11) is -3.65. The molecule has 2 aliphatic rings. The summed E-state index contributed by atoms with van der Waals surface area (Å²) >= 11 is 0. The normalized spacial score (nSPS) is 25.8. The first-order valence-electron chi connectivity index (χ1n) is 8.18. The Morgan fingerprint density at radius 1 is 1.08 bits per heavy atom. The SMILES string of the molecule is NC1CCC(C(=O)N2CCN(S(=O)(=O)c3ccc(F)cc3)CC2)C1. The van der Waals surface area contributed by atoms with Crippen LogP contribution in [0.15, 0.2) is 29.2 Å². The van der Waals surface area contributed by atoms with E-state index < -0.39 is 15.8 Å². The Hall–Kier alpha value is -1.51. The first-order valence-corrected chi connectivity index (χ1v) is 9.62. The van der Waals surface area contributed by atoms with Gasteiger partial charge in [0.1, 0.15) is 5.82 Å². The minimum atomic E-state index is -3.65. The number of nitrogens with two attached hydrogens (primary N) is 1. The van der Waals surface area contributed by atoms with Crippen molar-refractivity contribution < 1.29 is 17.6 Å². The summed E-state index contributed by atoms with van der Waals surface area (Å²) in [6, 6.07) is 4.90. The molecule has 2 atom stereocenters. The fraction of sp³-hybridized carbons (Fsp3) is 0.562. The lowest BCUT2D eigenvalue weighted by Gasteiger charge is -2.35. The summed E-state index contributed by atoms with van der Waals surface area (Å²) in [5.41, 5.74) is 5.86. The highest BCUT2D eigenvalue weighted by Gasteiger charge is 2.35. The quantitative estimate of drug-likeness (QED) is 0.869. The number of hydrogen-bond donors (Lipinski definition) is 1. The van der Waals surface area contributed by atoms with Crippen LogP contribution in [0.2, 0.25) is 0 Å². The number of nitrogens with zero attached hydrogens (tertiary/aromatic N) is 2. The fourth-order valence-electron chi connectivity index (χ4n) is 3.40. The van der Waals surface area contributed by atoms with Crippen LogP contribution in [0.3, 0.4) is 0 Å². The number of halogens is 1. The van der Waals surface area contributed by atoms with Crippen LogP contribution >= 0.6 is 0 Å². The second-order valence-electron chi connectivity index (χ2n) is 6.45. The Bertz CT molecular complexity index is 700. The highest BCUT2D eigenvalue weighted by molar-refractivity contribution is 7.89. The Labute approximate surface area is 141 Å². The number of piperazine rings is 1. The monoisotopic (exact) mass is 355 g/mol. The lowest BCUT2D eigenvalue weighted by molar-refractivity contribution is -0.136. The van der Waals surface area contributed by atoms with Crippen LogP contribution in [0.4, 0.5) is 4.39 Å². The molecule has 0 radical (unpaired) electrons. The van der Waals surface area contributed by atoms with Crippen LogP contribution in [-0.4, -0.2) is 55.8 Å². The van der Waals surface area contributed by atoms with Crippen LogP contribution < -0.4 is 5.73 Å². The number of rotatable bonds is 3. The van der Waals surface area contributed by atoms with Gasteiger partial charge in [-0.3, -0.25) is 4.79 Å². The van der Waals surface area contributed by atoms with Gasteiger partial charge in [-0.2, -0.15) is 4.31 Å². The molecular formula is C16H22FN3O3S. The van der Waals surface area contributed by atoms with E-state index in [-0.39, 0.29) is 35.9 Å². The summed E-state index contributed by atoms with van der Waals surface area (Å²) in [4.78, 5) is 14.3. The van der Waals surface area contributed by atoms with Crippen LogP contribution in [0, 0.1) is 11.7 Å². The molecular weight excluding hydrogens is 333 g/mol. The van der Waals surface area contributed by atoms with Crippen LogP contribution in [0.1, 0.15) is 19.3 Å². The van der Waals surface area contributed by atoms with E-state index in [2.05, 4.69) is 0 Å². The van der Waals surface area contributed by atoms with E-state index in [1.807, 2.05) is 0 Å². The van der Waals surface area contributed by atoms with Crippen molar-refractivity contribution in [3.05, 3.63) is 30.1 Å². The number of benzene rings is 1. The molecule has 24 heavy (non-hydrogen) atoms. The maximum atomic E-state index is 13.0. The lowest BCUT2D eigenvalue weighted by Crippen LogP contribution is -2.51. The van der Waals surface area contributed by atoms with Crippen molar-refractivity contribution in [1.82, 2.24) is 9.21 Å². The van der Waals surface area contributed by atoms with Crippen molar-refractivity contribution in [2.24, 2.45) is 11.7 Å². The minimum absolute atomic E-state index is 0.0275. The van der Waals surface area contributed by atoms with E-state index in [1.54, 1.807) is 4.90 Å². The predicted octanol–water partition coefficient (Wildman–Crippen LogP) is 0.786. The lowest BCUT2D eigenvalue weighted by atomic mass is 10.1. The zero-order valence-electron chi connectivity index (χ0n) is 13.4. The largest absolute Gasteiger partial charge is 0.340 e. The van der Waals surface area contributed by atoms with E-state index in [4.69, 9.17) is 5.73 Å². The van der Waals surface area contributed by atoms with Gasteiger partial charge in [-0.15, -0.1) is 0 Å². The molecule has 3 rings (SSSR count). The Balaban J connectivity index is 1.62. The van der Waals surface area contributed by atoms with Gasteiger partial charge in [0.05, 0.1) is 4.90 Å². The number of sulfonamides is 1. The second kappa shape index (κ2) is 6.78. The van der Waals surface area contributed by atoms with Crippen molar-refractivity contribution in [3.63, 3.8) is 0 Å². The number of amides is 1. The summed E-state index contributed by atoms with van der Waals surface area (Å²) in [6.07, 6.45) is 2.40. The van der Waals surface area contributed by atoms with Crippen LogP contribution in [-0.2, 0) is 14.8 Å². The molecule has 1 aromatic rings. The maximum Gasteiger partial charge on any atom is 0.243 e. The average Bonchev–Trinajstić information content (AvgIpc) is 3.01. The Kier molecular flexibility index (Phi) is 4.89. The fourth-order valence-corrected chi connectivity index (χ4v) is 4.83. The van der Waals surface area contributed by atoms with Gasteiger partial charge in [0.15, 0.2) is 0 Å². The second-order valence-corrected chi connectivity index (χ2v) is 8.39. The Morgan fingerprint density at radius 2 is 1.71 bits per heavy atom. The number of hydrogen-bond acceptors (Lipinski definition) is 4. The molecule has 1 heterocycles. The van der Waals surface area contributed by atoms with Gasteiger partial charge in [-0.05, 0) is 43.5 Å².